The average Bonchev–Trinajstić information content (AvgIpc) is 1.64. The van der Waals surface area contributed by atoms with Crippen LogP contribution in [0, 0.1) is 6.92 Å². The Bertz CT molecular complexity index is 173. The Labute approximate surface area is 75.3 Å². The summed E-state index contributed by atoms with van der Waals surface area (Å²) in [6.07, 6.45) is 1.86. The number of aromatic nitrogens is 1. The van der Waals surface area contributed by atoms with Crippen LogP contribution in [0.4, 0.5) is 0 Å². The van der Waals surface area contributed by atoms with Crippen LogP contribution in [0.3, 0.4) is 0 Å². The molecule has 0 N–H and O–H groups in total. The fourth-order valence-corrected chi connectivity index (χ4v) is 1.50. The molecule has 0 unspecified atom stereocenters. The number of aryl methyl sites for hydroxylation is 1. The van der Waals surface area contributed by atoms with Gasteiger partial charge in [-0.1, -0.05) is 0 Å². The molecule has 0 radical (unpaired) electrons. The van der Waals surface area contributed by atoms with Crippen molar-refractivity contribution in [1.82, 2.24) is 4.98 Å². The van der Waals surface area contributed by atoms with Crippen molar-refractivity contribution in [3.8, 4) is 0 Å². The van der Waals surface area contributed by atoms with Crippen molar-refractivity contribution in [2.75, 3.05) is 0 Å². The predicted octanol–water partition coefficient (Wildman–Crippen LogP) is 1.14. The molecule has 0 amide bonds. The second-order valence-electron chi connectivity index (χ2n) is 1.82. The van der Waals surface area contributed by atoms with Crippen molar-refractivity contribution < 1.29 is 18.3 Å². The molecule has 0 spiro atoms. The first-order chi connectivity index (χ1) is 3.79. The molecule has 1 aromatic heterocycles. The van der Waals surface area contributed by atoms with Gasteiger partial charge in [0, 0.05) is 0 Å². The predicted molar refractivity (Wildman–Crippen MR) is 38.9 cm³/mol. The summed E-state index contributed by atoms with van der Waals surface area (Å²) in [7, 11) is 0. The van der Waals surface area contributed by atoms with Crippen LogP contribution in [-0.2, 0) is 18.3 Å². The Balaban J connectivity index is 0.000000640. The Hall–Kier alpha value is 0.253. The summed E-state index contributed by atoms with van der Waals surface area (Å²) in [6, 6.07) is 4.12. The van der Waals surface area contributed by atoms with Crippen molar-refractivity contribution in [3.05, 3.63) is 23.9 Å². The molecule has 45 valence electrons. The summed E-state index contributed by atoms with van der Waals surface area (Å²) in [6.45, 7) is 2.08. The fourth-order valence-electron chi connectivity index (χ4n) is 0.599. The van der Waals surface area contributed by atoms with Crippen molar-refractivity contribution in [2.45, 2.75) is 6.92 Å². The van der Waals surface area contributed by atoms with E-state index in [2.05, 4.69) is 18.0 Å². The number of pyridine rings is 1. The summed E-state index contributed by atoms with van der Waals surface area (Å²) in [5, 5.41) is 0. The van der Waals surface area contributed by atoms with Crippen LogP contribution in [0.1, 0.15) is 5.56 Å². The van der Waals surface area contributed by atoms with Gasteiger partial charge >= 0.3 is 58.4 Å². The fraction of sp³-hybridized carbons (Fsp3) is 0.167. The number of halogens is 1. The van der Waals surface area contributed by atoms with Crippen molar-refractivity contribution in [3.63, 3.8) is 0 Å². The Morgan fingerprint density at radius 2 is 2.22 bits per heavy atom. The van der Waals surface area contributed by atoms with Gasteiger partial charge in [0.15, 0.2) is 0 Å². The third-order valence-corrected chi connectivity index (χ3v) is 1.78. The van der Waals surface area contributed by atoms with Gasteiger partial charge in [-0.2, -0.15) is 0 Å². The molecule has 9 heavy (non-hydrogen) atoms. The van der Waals surface area contributed by atoms with Crippen molar-refractivity contribution in [2.24, 2.45) is 0 Å². The monoisotopic (exact) mass is 236 g/mol. The topological polar surface area (TPSA) is 12.9 Å². The molecule has 0 saturated heterocycles. The molecule has 1 nitrogen and oxygen atoms in total. The molecular weight excluding hydrogens is 231 g/mol. The normalized spacial score (nSPS) is 8.33. The zero-order chi connectivity index (χ0) is 5.98. The molecule has 0 fully saturated rings. The van der Waals surface area contributed by atoms with Crippen LogP contribution in [0.5, 0.6) is 0 Å². The molecule has 1 heterocycles. The molecule has 0 aromatic carbocycles. The zero-order valence-corrected chi connectivity index (χ0v) is 9.97. The molecule has 3 heteroatoms. The van der Waals surface area contributed by atoms with Gasteiger partial charge in [-0.05, 0) is 0 Å². The van der Waals surface area contributed by atoms with Crippen LogP contribution >= 0.6 is 17.0 Å². The van der Waals surface area contributed by atoms with Gasteiger partial charge in [0.1, 0.15) is 0 Å². The standard InChI is InChI=1S/C6H6N.BrH.Zn/c1-6-2-4-7-5-3-6;;/h2-4H,1H3;1H;. The average molecular weight is 238 g/mol. The molecular formula is C6H7BrNZn. The summed E-state index contributed by atoms with van der Waals surface area (Å²) in [5.41, 5.74) is 1.31. The first kappa shape index (κ1) is 9.25. The van der Waals surface area contributed by atoms with Crippen LogP contribution in [-0.4, -0.2) is 4.98 Å². The molecule has 0 saturated carbocycles. The summed E-state index contributed by atoms with van der Waals surface area (Å²) < 4.78 is 1.21. The van der Waals surface area contributed by atoms with Gasteiger partial charge in [-0.3, -0.25) is 0 Å². The Morgan fingerprint density at radius 3 is 2.56 bits per heavy atom. The van der Waals surface area contributed by atoms with E-state index in [1.165, 1.54) is 9.85 Å². The summed E-state index contributed by atoms with van der Waals surface area (Å²) in [4.78, 5) is 4.10. The van der Waals surface area contributed by atoms with E-state index in [1.807, 2.05) is 12.3 Å². The molecule has 0 aliphatic heterocycles. The number of rotatable bonds is 0. The van der Waals surface area contributed by atoms with E-state index in [0.717, 1.165) is 18.3 Å². The van der Waals surface area contributed by atoms with E-state index in [0.29, 0.717) is 0 Å². The second kappa shape index (κ2) is 4.13. The van der Waals surface area contributed by atoms with Gasteiger partial charge in [0.05, 0.1) is 0 Å². The Morgan fingerprint density at radius 1 is 1.56 bits per heavy atom. The van der Waals surface area contributed by atoms with Gasteiger partial charge in [0.2, 0.25) is 0 Å². The summed E-state index contributed by atoms with van der Waals surface area (Å²) in [5.74, 6) is 0. The van der Waals surface area contributed by atoms with E-state index in [4.69, 9.17) is 0 Å². The third-order valence-electron chi connectivity index (χ3n) is 0.972. The number of nitrogens with zero attached hydrogens (tertiary/aromatic N) is 1. The summed E-state index contributed by atoms with van der Waals surface area (Å²) >= 11 is 1.15. The molecule has 0 aliphatic carbocycles. The maximum absolute atomic E-state index is 4.10. The third kappa shape index (κ3) is 3.07. The van der Waals surface area contributed by atoms with Gasteiger partial charge < -0.3 is 0 Å². The van der Waals surface area contributed by atoms with Crippen LogP contribution in [0.25, 0.3) is 0 Å². The first-order valence-corrected chi connectivity index (χ1v) is 4.02. The number of hydrogen-bond acceptors (Lipinski definition) is 1. The molecule has 1 rings (SSSR count). The first-order valence-electron chi connectivity index (χ1n) is 2.53. The van der Waals surface area contributed by atoms with E-state index in [-0.39, 0.29) is 17.0 Å². The van der Waals surface area contributed by atoms with Crippen LogP contribution in [0.2, 0.25) is 0 Å². The van der Waals surface area contributed by atoms with E-state index in [1.54, 1.807) is 0 Å². The van der Waals surface area contributed by atoms with Gasteiger partial charge in [-0.25, -0.2) is 0 Å². The van der Waals surface area contributed by atoms with Crippen LogP contribution in [0.15, 0.2) is 18.3 Å². The quantitative estimate of drug-likeness (QED) is 0.618. The minimum atomic E-state index is 0. The van der Waals surface area contributed by atoms with Gasteiger partial charge in [0.25, 0.3) is 0 Å². The number of hydrogen-bond donors (Lipinski definition) is 0. The zero-order valence-electron chi connectivity index (χ0n) is 5.29. The van der Waals surface area contributed by atoms with E-state index >= 15 is 0 Å². The van der Waals surface area contributed by atoms with Gasteiger partial charge in [-0.15, -0.1) is 17.0 Å². The SMILES string of the molecule is Br.Cc1ccn[c]([Zn])c1. The van der Waals surface area contributed by atoms with Crippen LogP contribution < -0.4 is 4.29 Å². The second-order valence-corrected chi connectivity index (χ2v) is 3.34. The molecule has 0 bridgehead atoms. The van der Waals surface area contributed by atoms with E-state index < -0.39 is 0 Å². The minimum absolute atomic E-state index is 0. The van der Waals surface area contributed by atoms with Crippen molar-refractivity contribution >= 4 is 21.3 Å². The van der Waals surface area contributed by atoms with E-state index in [9.17, 15) is 0 Å². The molecule has 0 atom stereocenters. The van der Waals surface area contributed by atoms with Crippen molar-refractivity contribution in [1.29, 1.82) is 0 Å². The maximum atomic E-state index is 4.10. The molecule has 1 aromatic rings. The Kier molecular flexibility index (Phi) is 4.25. The molecule has 0 aliphatic rings.